The maximum atomic E-state index is 13.8. The lowest BCUT2D eigenvalue weighted by Gasteiger charge is -2.14. The first-order valence-electron chi connectivity index (χ1n) is 6.59. The first-order valence-corrected chi connectivity index (χ1v) is 7.38. The highest BCUT2D eigenvalue weighted by Gasteiger charge is 2.13. The molecular formula is C16H16BrFN2O. The molecule has 0 heterocycles. The van der Waals surface area contributed by atoms with E-state index in [0.717, 1.165) is 5.69 Å². The Labute approximate surface area is 131 Å². The summed E-state index contributed by atoms with van der Waals surface area (Å²) in [7, 11) is 0. The third kappa shape index (κ3) is 4.04. The molecule has 0 saturated carbocycles. The summed E-state index contributed by atoms with van der Waals surface area (Å²) in [5.74, 6) is -0.827. The Morgan fingerprint density at radius 2 is 1.86 bits per heavy atom. The van der Waals surface area contributed by atoms with E-state index < -0.39 is 5.82 Å². The van der Waals surface area contributed by atoms with E-state index in [0.29, 0.717) is 10.0 Å². The Morgan fingerprint density at radius 1 is 1.14 bits per heavy atom. The van der Waals surface area contributed by atoms with Gasteiger partial charge in [0.1, 0.15) is 5.82 Å². The molecule has 3 nitrogen and oxygen atoms in total. The van der Waals surface area contributed by atoms with Gasteiger partial charge in [-0.25, -0.2) is 4.39 Å². The molecule has 0 aliphatic rings. The van der Waals surface area contributed by atoms with Crippen molar-refractivity contribution < 1.29 is 9.18 Å². The van der Waals surface area contributed by atoms with Crippen molar-refractivity contribution in [3.8, 4) is 0 Å². The van der Waals surface area contributed by atoms with E-state index in [2.05, 4.69) is 26.6 Å². The highest BCUT2D eigenvalue weighted by atomic mass is 79.9. The van der Waals surface area contributed by atoms with Crippen LogP contribution in [0.15, 0.2) is 46.9 Å². The van der Waals surface area contributed by atoms with Crippen LogP contribution in [-0.2, 0) is 0 Å². The second-order valence-corrected chi connectivity index (χ2v) is 5.84. The van der Waals surface area contributed by atoms with Crippen molar-refractivity contribution >= 4 is 33.2 Å². The predicted molar refractivity (Wildman–Crippen MR) is 87.3 cm³/mol. The van der Waals surface area contributed by atoms with E-state index in [1.54, 1.807) is 18.2 Å². The molecule has 0 atom stereocenters. The first-order chi connectivity index (χ1) is 9.97. The standard InChI is InChI=1S/C16H16BrFN2O/c1-10(2)19-14-6-4-3-5-12(14)16(21)20-15-8-7-11(17)9-13(15)18/h3-10,19H,1-2H3,(H,20,21). The second kappa shape index (κ2) is 6.72. The van der Waals surface area contributed by atoms with Crippen LogP contribution in [-0.4, -0.2) is 11.9 Å². The minimum atomic E-state index is -0.480. The quantitative estimate of drug-likeness (QED) is 0.841. The number of carbonyl (C=O) groups excluding carboxylic acids is 1. The monoisotopic (exact) mass is 350 g/mol. The summed E-state index contributed by atoms with van der Waals surface area (Å²) < 4.78 is 14.4. The van der Waals surface area contributed by atoms with Crippen LogP contribution >= 0.6 is 15.9 Å². The van der Waals surface area contributed by atoms with E-state index in [1.807, 2.05) is 26.0 Å². The van der Waals surface area contributed by atoms with Gasteiger partial charge in [0.15, 0.2) is 0 Å². The SMILES string of the molecule is CC(C)Nc1ccccc1C(=O)Nc1ccc(Br)cc1F. The molecule has 2 aromatic rings. The fraction of sp³-hybridized carbons (Fsp3) is 0.188. The molecule has 2 rings (SSSR count). The van der Waals surface area contributed by atoms with Crippen LogP contribution in [0.4, 0.5) is 15.8 Å². The van der Waals surface area contributed by atoms with Crippen LogP contribution in [0.5, 0.6) is 0 Å². The number of hydrogen-bond acceptors (Lipinski definition) is 2. The number of para-hydroxylation sites is 1. The van der Waals surface area contributed by atoms with Crippen LogP contribution < -0.4 is 10.6 Å². The Kier molecular flexibility index (Phi) is 4.96. The van der Waals surface area contributed by atoms with Gasteiger partial charge >= 0.3 is 0 Å². The molecule has 0 bridgehead atoms. The van der Waals surface area contributed by atoms with E-state index in [4.69, 9.17) is 0 Å². The fourth-order valence-corrected chi connectivity index (χ4v) is 2.23. The van der Waals surface area contributed by atoms with Gasteiger partial charge in [0, 0.05) is 16.2 Å². The largest absolute Gasteiger partial charge is 0.382 e. The van der Waals surface area contributed by atoms with Gasteiger partial charge in [0.05, 0.1) is 11.3 Å². The fourth-order valence-electron chi connectivity index (χ4n) is 1.90. The number of amides is 1. The number of nitrogens with one attached hydrogen (secondary N) is 2. The molecule has 1 amide bonds. The van der Waals surface area contributed by atoms with E-state index in [9.17, 15) is 9.18 Å². The zero-order valence-corrected chi connectivity index (χ0v) is 13.4. The molecule has 0 unspecified atom stereocenters. The maximum Gasteiger partial charge on any atom is 0.257 e. The molecule has 0 aliphatic heterocycles. The summed E-state index contributed by atoms with van der Waals surface area (Å²) in [5.41, 5.74) is 1.36. The molecule has 21 heavy (non-hydrogen) atoms. The Hall–Kier alpha value is -1.88. The lowest BCUT2D eigenvalue weighted by molar-refractivity contribution is 0.102. The van der Waals surface area contributed by atoms with Gasteiger partial charge in [-0.15, -0.1) is 0 Å². The third-order valence-electron chi connectivity index (χ3n) is 2.80. The molecule has 0 aromatic heterocycles. The molecule has 0 saturated heterocycles. The van der Waals surface area contributed by atoms with Gasteiger partial charge in [-0.3, -0.25) is 4.79 Å². The van der Waals surface area contributed by atoms with Crippen molar-refractivity contribution in [1.29, 1.82) is 0 Å². The smallest absolute Gasteiger partial charge is 0.257 e. The molecule has 0 radical (unpaired) electrons. The van der Waals surface area contributed by atoms with Gasteiger partial charge in [0.25, 0.3) is 5.91 Å². The third-order valence-corrected chi connectivity index (χ3v) is 3.29. The molecule has 0 spiro atoms. The van der Waals surface area contributed by atoms with Crippen molar-refractivity contribution in [3.05, 3.63) is 58.3 Å². The molecule has 0 aliphatic carbocycles. The van der Waals surface area contributed by atoms with Crippen LogP contribution in [0, 0.1) is 5.82 Å². The second-order valence-electron chi connectivity index (χ2n) is 4.92. The Bertz CT molecular complexity index is 658. The van der Waals surface area contributed by atoms with Gasteiger partial charge in [-0.1, -0.05) is 28.1 Å². The summed E-state index contributed by atoms with van der Waals surface area (Å²) in [6.45, 7) is 3.98. The zero-order valence-electron chi connectivity index (χ0n) is 11.8. The molecular weight excluding hydrogens is 335 g/mol. The summed E-state index contributed by atoms with van der Waals surface area (Å²) in [4.78, 5) is 12.3. The number of rotatable bonds is 4. The summed E-state index contributed by atoms with van der Waals surface area (Å²) in [5, 5.41) is 5.79. The van der Waals surface area contributed by atoms with Crippen LogP contribution in [0.2, 0.25) is 0 Å². The van der Waals surface area contributed by atoms with Gasteiger partial charge in [-0.05, 0) is 44.2 Å². The Balaban J connectivity index is 2.24. The number of halogens is 2. The minimum Gasteiger partial charge on any atom is -0.382 e. The van der Waals surface area contributed by atoms with Gasteiger partial charge < -0.3 is 10.6 Å². The minimum absolute atomic E-state index is 0.155. The topological polar surface area (TPSA) is 41.1 Å². The molecule has 110 valence electrons. The van der Waals surface area contributed by atoms with Crippen molar-refractivity contribution in [1.82, 2.24) is 0 Å². The molecule has 0 fully saturated rings. The number of benzene rings is 2. The van der Waals surface area contributed by atoms with Gasteiger partial charge in [0.2, 0.25) is 0 Å². The lowest BCUT2D eigenvalue weighted by Crippen LogP contribution is -2.18. The number of hydrogen-bond donors (Lipinski definition) is 2. The summed E-state index contributed by atoms with van der Waals surface area (Å²) in [6, 6.07) is 11.9. The van der Waals surface area contributed by atoms with Crippen molar-refractivity contribution in [2.45, 2.75) is 19.9 Å². The van der Waals surface area contributed by atoms with Crippen molar-refractivity contribution in [2.75, 3.05) is 10.6 Å². The zero-order chi connectivity index (χ0) is 15.4. The highest BCUT2D eigenvalue weighted by Crippen LogP contribution is 2.22. The normalized spacial score (nSPS) is 10.5. The van der Waals surface area contributed by atoms with Crippen molar-refractivity contribution in [2.24, 2.45) is 0 Å². The van der Waals surface area contributed by atoms with Crippen LogP contribution in [0.3, 0.4) is 0 Å². The predicted octanol–water partition coefficient (Wildman–Crippen LogP) is 4.66. The maximum absolute atomic E-state index is 13.8. The molecule has 5 heteroatoms. The average molecular weight is 351 g/mol. The lowest BCUT2D eigenvalue weighted by atomic mass is 10.1. The molecule has 2 aromatic carbocycles. The van der Waals surface area contributed by atoms with Crippen LogP contribution in [0.1, 0.15) is 24.2 Å². The average Bonchev–Trinajstić information content (AvgIpc) is 2.42. The van der Waals surface area contributed by atoms with E-state index in [1.165, 1.54) is 12.1 Å². The van der Waals surface area contributed by atoms with Crippen molar-refractivity contribution in [3.63, 3.8) is 0 Å². The summed E-state index contributed by atoms with van der Waals surface area (Å²) in [6.07, 6.45) is 0. The Morgan fingerprint density at radius 3 is 2.52 bits per heavy atom. The summed E-state index contributed by atoms with van der Waals surface area (Å²) >= 11 is 3.18. The highest BCUT2D eigenvalue weighted by molar-refractivity contribution is 9.10. The number of anilines is 2. The van der Waals surface area contributed by atoms with E-state index >= 15 is 0 Å². The first kappa shape index (κ1) is 15.5. The number of carbonyl (C=O) groups is 1. The van der Waals surface area contributed by atoms with Crippen LogP contribution in [0.25, 0.3) is 0 Å². The van der Waals surface area contributed by atoms with Gasteiger partial charge in [-0.2, -0.15) is 0 Å². The molecule has 2 N–H and O–H groups in total. The van der Waals surface area contributed by atoms with E-state index in [-0.39, 0.29) is 17.6 Å².